The van der Waals surface area contributed by atoms with Gasteiger partial charge in [-0.25, -0.2) is 21.6 Å². The molecule has 0 amide bonds. The lowest BCUT2D eigenvalue weighted by Gasteiger charge is -2.29. The Morgan fingerprint density at radius 1 is 1.24 bits per heavy atom. The number of rotatable bonds is 3. The van der Waals surface area contributed by atoms with Crippen molar-refractivity contribution in [3.8, 4) is 0 Å². The number of hydrogen-bond donors (Lipinski definition) is 1. The number of benzene rings is 1. The van der Waals surface area contributed by atoms with E-state index in [1.807, 2.05) is 0 Å². The molecular formula is C12H12F3NO4S. The monoisotopic (exact) mass is 323 g/mol. The van der Waals surface area contributed by atoms with Gasteiger partial charge < -0.3 is 5.11 Å². The highest BCUT2D eigenvalue weighted by Crippen LogP contribution is 2.25. The summed E-state index contributed by atoms with van der Waals surface area (Å²) in [5.41, 5.74) is 0. The topological polar surface area (TPSA) is 74.7 Å². The SMILES string of the molecule is O=C(O)C1CCCN(S(=O)(=O)c2cc(F)c(F)c(F)c2)C1. The Balaban J connectivity index is 2.36. The Kier molecular flexibility index (Phi) is 4.24. The number of carboxylic acids is 1. The highest BCUT2D eigenvalue weighted by molar-refractivity contribution is 7.89. The van der Waals surface area contributed by atoms with Gasteiger partial charge in [0.25, 0.3) is 0 Å². The fraction of sp³-hybridized carbons (Fsp3) is 0.417. The summed E-state index contributed by atoms with van der Waals surface area (Å²) in [6, 6.07) is 0.774. The lowest BCUT2D eigenvalue weighted by atomic mass is 10.0. The van der Waals surface area contributed by atoms with Crippen molar-refractivity contribution in [3.63, 3.8) is 0 Å². The van der Waals surface area contributed by atoms with Gasteiger partial charge in [-0.2, -0.15) is 4.31 Å². The second-order valence-corrected chi connectivity index (χ2v) is 6.68. The van der Waals surface area contributed by atoms with E-state index in [-0.39, 0.29) is 13.1 Å². The molecule has 1 N–H and O–H groups in total. The van der Waals surface area contributed by atoms with Crippen molar-refractivity contribution >= 4 is 16.0 Å². The van der Waals surface area contributed by atoms with Gasteiger partial charge in [0, 0.05) is 13.1 Å². The molecule has 1 saturated heterocycles. The first kappa shape index (κ1) is 15.8. The van der Waals surface area contributed by atoms with Gasteiger partial charge in [-0.05, 0) is 25.0 Å². The Bertz CT molecular complexity index is 654. The number of halogens is 3. The van der Waals surface area contributed by atoms with Crippen molar-refractivity contribution in [1.82, 2.24) is 4.31 Å². The van der Waals surface area contributed by atoms with Crippen molar-refractivity contribution in [2.45, 2.75) is 17.7 Å². The Morgan fingerprint density at radius 2 is 1.81 bits per heavy atom. The highest BCUT2D eigenvalue weighted by Gasteiger charge is 2.34. The number of aliphatic carboxylic acids is 1. The number of sulfonamides is 1. The normalized spacial score (nSPS) is 20.4. The molecule has 1 aromatic carbocycles. The van der Waals surface area contributed by atoms with E-state index in [0.29, 0.717) is 25.0 Å². The van der Waals surface area contributed by atoms with Crippen LogP contribution in [0.5, 0.6) is 0 Å². The largest absolute Gasteiger partial charge is 0.481 e. The van der Waals surface area contributed by atoms with Crippen LogP contribution in [-0.2, 0) is 14.8 Å². The van der Waals surface area contributed by atoms with Crippen molar-refractivity contribution in [1.29, 1.82) is 0 Å². The highest BCUT2D eigenvalue weighted by atomic mass is 32.2. The van der Waals surface area contributed by atoms with Crippen LogP contribution in [0.25, 0.3) is 0 Å². The molecular weight excluding hydrogens is 311 g/mol. The molecule has 9 heteroatoms. The first-order valence-electron chi connectivity index (χ1n) is 6.11. The average Bonchev–Trinajstić information content (AvgIpc) is 2.44. The molecule has 2 rings (SSSR count). The van der Waals surface area contributed by atoms with Crippen LogP contribution < -0.4 is 0 Å². The van der Waals surface area contributed by atoms with Crippen LogP contribution >= 0.6 is 0 Å². The van der Waals surface area contributed by atoms with Crippen LogP contribution in [0.1, 0.15) is 12.8 Å². The maximum atomic E-state index is 13.2. The summed E-state index contributed by atoms with van der Waals surface area (Å²) in [5.74, 6) is -6.98. The van der Waals surface area contributed by atoms with Gasteiger partial charge >= 0.3 is 5.97 Å². The summed E-state index contributed by atoms with van der Waals surface area (Å²) < 4.78 is 64.5. The van der Waals surface area contributed by atoms with Gasteiger partial charge in [0.15, 0.2) is 17.5 Å². The van der Waals surface area contributed by atoms with E-state index < -0.39 is 44.3 Å². The standard InChI is InChI=1S/C12H12F3NO4S/c13-9-4-8(5-10(14)11(9)15)21(19,20)16-3-1-2-7(6-16)12(17)18/h4-5,7H,1-3,6H2,(H,17,18). The fourth-order valence-corrected chi connectivity index (χ4v) is 3.74. The van der Waals surface area contributed by atoms with E-state index in [9.17, 15) is 26.4 Å². The van der Waals surface area contributed by atoms with E-state index in [1.165, 1.54) is 0 Å². The molecule has 5 nitrogen and oxygen atoms in total. The molecule has 0 aliphatic carbocycles. The van der Waals surface area contributed by atoms with E-state index in [4.69, 9.17) is 5.11 Å². The van der Waals surface area contributed by atoms with Crippen molar-refractivity contribution in [2.75, 3.05) is 13.1 Å². The van der Waals surface area contributed by atoms with Gasteiger partial charge in [-0.1, -0.05) is 0 Å². The number of carboxylic acid groups (broad SMARTS) is 1. The van der Waals surface area contributed by atoms with E-state index in [0.717, 1.165) is 4.31 Å². The van der Waals surface area contributed by atoms with Gasteiger partial charge in [0.2, 0.25) is 10.0 Å². The summed E-state index contributed by atoms with van der Waals surface area (Å²) in [6.45, 7) is -0.231. The first-order chi connectivity index (χ1) is 9.73. The summed E-state index contributed by atoms with van der Waals surface area (Å²) in [5, 5.41) is 8.93. The molecule has 1 aliphatic heterocycles. The molecule has 0 radical (unpaired) electrons. The third kappa shape index (κ3) is 3.03. The van der Waals surface area contributed by atoms with E-state index >= 15 is 0 Å². The number of carbonyl (C=O) groups is 1. The van der Waals surface area contributed by atoms with Crippen molar-refractivity contribution in [2.24, 2.45) is 5.92 Å². The lowest BCUT2D eigenvalue weighted by molar-refractivity contribution is -0.142. The molecule has 0 spiro atoms. The minimum Gasteiger partial charge on any atom is -0.481 e. The number of nitrogens with zero attached hydrogens (tertiary/aromatic N) is 1. The third-order valence-corrected chi connectivity index (χ3v) is 5.17. The van der Waals surface area contributed by atoms with Crippen LogP contribution in [0.4, 0.5) is 13.2 Å². The molecule has 0 bridgehead atoms. The summed E-state index contributed by atoms with van der Waals surface area (Å²) in [6.07, 6.45) is 0.649. The van der Waals surface area contributed by atoms with Gasteiger partial charge in [0.1, 0.15) is 0 Å². The van der Waals surface area contributed by atoms with E-state index in [2.05, 4.69) is 0 Å². The quantitative estimate of drug-likeness (QED) is 0.857. The average molecular weight is 323 g/mol. The van der Waals surface area contributed by atoms with Crippen LogP contribution in [0.2, 0.25) is 0 Å². The van der Waals surface area contributed by atoms with Crippen LogP contribution in [0, 0.1) is 23.4 Å². The zero-order chi connectivity index (χ0) is 15.8. The van der Waals surface area contributed by atoms with Crippen molar-refractivity contribution < 1.29 is 31.5 Å². The first-order valence-corrected chi connectivity index (χ1v) is 7.55. The predicted molar refractivity (Wildman–Crippen MR) is 65.4 cm³/mol. The molecule has 0 saturated carbocycles. The molecule has 1 heterocycles. The second kappa shape index (κ2) is 5.64. The minimum absolute atomic E-state index is 0.0483. The van der Waals surface area contributed by atoms with Crippen LogP contribution in [0.3, 0.4) is 0 Å². The zero-order valence-electron chi connectivity index (χ0n) is 10.7. The van der Waals surface area contributed by atoms with Gasteiger partial charge in [-0.3, -0.25) is 4.79 Å². The zero-order valence-corrected chi connectivity index (χ0v) is 11.5. The minimum atomic E-state index is -4.27. The van der Waals surface area contributed by atoms with Crippen molar-refractivity contribution in [3.05, 3.63) is 29.6 Å². The molecule has 1 unspecified atom stereocenters. The Hall–Kier alpha value is -1.61. The summed E-state index contributed by atoms with van der Waals surface area (Å²) in [7, 11) is -4.27. The predicted octanol–water partition coefficient (Wildman–Crippen LogP) is 1.59. The molecule has 1 fully saturated rings. The second-order valence-electron chi connectivity index (χ2n) is 4.74. The third-order valence-electron chi connectivity index (χ3n) is 3.33. The molecule has 1 aliphatic rings. The molecule has 116 valence electrons. The summed E-state index contributed by atoms with van der Waals surface area (Å²) in [4.78, 5) is 10.2. The molecule has 1 atom stereocenters. The van der Waals surface area contributed by atoms with Crippen LogP contribution in [-0.4, -0.2) is 36.9 Å². The Morgan fingerprint density at radius 3 is 2.33 bits per heavy atom. The molecule has 21 heavy (non-hydrogen) atoms. The maximum Gasteiger partial charge on any atom is 0.307 e. The fourth-order valence-electron chi connectivity index (χ4n) is 2.19. The molecule has 0 aromatic heterocycles. The number of hydrogen-bond acceptors (Lipinski definition) is 3. The Labute approximate surface area is 119 Å². The maximum absolute atomic E-state index is 13.2. The molecule has 1 aromatic rings. The lowest BCUT2D eigenvalue weighted by Crippen LogP contribution is -2.42. The smallest absolute Gasteiger partial charge is 0.307 e. The van der Waals surface area contributed by atoms with Gasteiger partial charge in [0.05, 0.1) is 10.8 Å². The summed E-state index contributed by atoms with van der Waals surface area (Å²) >= 11 is 0. The van der Waals surface area contributed by atoms with Crippen LogP contribution in [0.15, 0.2) is 17.0 Å². The van der Waals surface area contributed by atoms with Gasteiger partial charge in [-0.15, -0.1) is 0 Å². The van der Waals surface area contributed by atoms with E-state index in [1.54, 1.807) is 0 Å². The number of piperidine rings is 1.